The zero-order valence-electron chi connectivity index (χ0n) is 8.66. The highest BCUT2D eigenvalue weighted by atomic mass is 16.5. The fourth-order valence-corrected chi connectivity index (χ4v) is 1.61. The van der Waals surface area contributed by atoms with Crippen LogP contribution in [0.3, 0.4) is 0 Å². The Morgan fingerprint density at radius 2 is 2.14 bits per heavy atom. The second-order valence-electron chi connectivity index (χ2n) is 3.67. The molecule has 3 heteroatoms. The Labute approximate surface area is 83.1 Å². The van der Waals surface area contributed by atoms with E-state index in [2.05, 4.69) is 29.9 Å². The third-order valence-electron chi connectivity index (χ3n) is 2.39. The number of methoxy groups -OCH3 is 1. The quantitative estimate of drug-likeness (QED) is 0.790. The molecule has 0 spiro atoms. The first kappa shape index (κ1) is 9.06. The van der Waals surface area contributed by atoms with Crippen molar-refractivity contribution in [2.24, 2.45) is 0 Å². The molecule has 0 aliphatic rings. The summed E-state index contributed by atoms with van der Waals surface area (Å²) in [7, 11) is 1.69. The molecule has 2 rings (SSSR count). The van der Waals surface area contributed by atoms with E-state index in [0.29, 0.717) is 5.92 Å². The van der Waals surface area contributed by atoms with Crippen LogP contribution in [0.25, 0.3) is 11.0 Å². The molecular weight excluding hydrogens is 176 g/mol. The van der Waals surface area contributed by atoms with Crippen LogP contribution in [0.15, 0.2) is 18.5 Å². The molecule has 2 aromatic rings. The first-order chi connectivity index (χ1) is 6.72. The molecular formula is C11H14N2O. The van der Waals surface area contributed by atoms with Gasteiger partial charge in [0, 0.05) is 6.07 Å². The van der Waals surface area contributed by atoms with Crippen molar-refractivity contribution in [1.82, 2.24) is 9.97 Å². The molecule has 0 amide bonds. The zero-order valence-corrected chi connectivity index (χ0v) is 8.66. The lowest BCUT2D eigenvalue weighted by Gasteiger charge is -2.11. The van der Waals surface area contributed by atoms with E-state index in [1.807, 2.05) is 6.07 Å². The molecule has 0 unspecified atom stereocenters. The van der Waals surface area contributed by atoms with Gasteiger partial charge in [-0.1, -0.05) is 13.8 Å². The number of imidazole rings is 1. The van der Waals surface area contributed by atoms with Crippen molar-refractivity contribution in [3.8, 4) is 5.75 Å². The Bertz CT molecular complexity index is 445. The number of aromatic amines is 1. The maximum absolute atomic E-state index is 5.33. The average Bonchev–Trinajstić information content (AvgIpc) is 2.62. The molecule has 1 N–H and O–H groups in total. The van der Waals surface area contributed by atoms with Crippen LogP contribution in [0, 0.1) is 0 Å². The van der Waals surface area contributed by atoms with Crippen molar-refractivity contribution >= 4 is 11.0 Å². The predicted octanol–water partition coefficient (Wildman–Crippen LogP) is 2.69. The SMILES string of the molecule is COc1cc2nc[nH]c2cc1C(C)C. The number of benzene rings is 1. The van der Waals surface area contributed by atoms with Crippen molar-refractivity contribution in [3.63, 3.8) is 0 Å². The second-order valence-corrected chi connectivity index (χ2v) is 3.67. The summed E-state index contributed by atoms with van der Waals surface area (Å²) in [5.74, 6) is 1.37. The lowest BCUT2D eigenvalue weighted by Crippen LogP contribution is -1.94. The highest BCUT2D eigenvalue weighted by Gasteiger charge is 2.09. The number of hydrogen-bond acceptors (Lipinski definition) is 2. The normalized spacial score (nSPS) is 11.1. The molecule has 0 fully saturated rings. The molecule has 3 nitrogen and oxygen atoms in total. The lowest BCUT2D eigenvalue weighted by atomic mass is 10.0. The van der Waals surface area contributed by atoms with Crippen LogP contribution in [0.4, 0.5) is 0 Å². The van der Waals surface area contributed by atoms with Gasteiger partial charge >= 0.3 is 0 Å². The van der Waals surface area contributed by atoms with Crippen LogP contribution in [-0.2, 0) is 0 Å². The van der Waals surface area contributed by atoms with E-state index in [-0.39, 0.29) is 0 Å². The highest BCUT2D eigenvalue weighted by molar-refractivity contribution is 5.77. The topological polar surface area (TPSA) is 37.9 Å². The van der Waals surface area contributed by atoms with Crippen LogP contribution in [-0.4, -0.2) is 17.1 Å². The molecule has 1 aromatic carbocycles. The average molecular weight is 190 g/mol. The minimum Gasteiger partial charge on any atom is -0.496 e. The van der Waals surface area contributed by atoms with Gasteiger partial charge in [0.05, 0.1) is 24.5 Å². The summed E-state index contributed by atoms with van der Waals surface area (Å²) in [6.45, 7) is 4.31. The number of rotatable bonds is 2. The second kappa shape index (κ2) is 3.33. The van der Waals surface area contributed by atoms with E-state index in [1.54, 1.807) is 13.4 Å². The molecule has 14 heavy (non-hydrogen) atoms. The molecule has 0 saturated carbocycles. The van der Waals surface area contributed by atoms with Gasteiger partial charge in [0.2, 0.25) is 0 Å². The van der Waals surface area contributed by atoms with Crippen molar-refractivity contribution < 1.29 is 4.74 Å². The number of hydrogen-bond donors (Lipinski definition) is 1. The Kier molecular flexibility index (Phi) is 2.15. The maximum atomic E-state index is 5.33. The van der Waals surface area contributed by atoms with Crippen LogP contribution >= 0.6 is 0 Å². The monoisotopic (exact) mass is 190 g/mol. The van der Waals surface area contributed by atoms with Gasteiger partial charge in [-0.05, 0) is 17.5 Å². The Balaban J connectivity index is 2.66. The van der Waals surface area contributed by atoms with E-state index in [0.717, 1.165) is 16.8 Å². The van der Waals surface area contributed by atoms with E-state index >= 15 is 0 Å². The molecule has 1 aromatic heterocycles. The fourth-order valence-electron chi connectivity index (χ4n) is 1.61. The van der Waals surface area contributed by atoms with Crippen LogP contribution in [0.2, 0.25) is 0 Å². The number of nitrogens with one attached hydrogen (secondary N) is 1. The van der Waals surface area contributed by atoms with E-state index in [4.69, 9.17) is 4.74 Å². The highest BCUT2D eigenvalue weighted by Crippen LogP contribution is 2.29. The summed E-state index contributed by atoms with van der Waals surface area (Å²) in [5, 5.41) is 0. The molecule has 1 heterocycles. The molecule has 74 valence electrons. The summed E-state index contributed by atoms with van der Waals surface area (Å²) < 4.78 is 5.33. The van der Waals surface area contributed by atoms with Gasteiger partial charge in [-0.25, -0.2) is 4.98 Å². The number of fused-ring (bicyclic) bond motifs is 1. The molecule has 0 aliphatic heterocycles. The number of H-pyrrole nitrogens is 1. The van der Waals surface area contributed by atoms with Crippen LogP contribution in [0.5, 0.6) is 5.75 Å². The van der Waals surface area contributed by atoms with Gasteiger partial charge in [0.25, 0.3) is 0 Å². The van der Waals surface area contributed by atoms with Crippen molar-refractivity contribution in [1.29, 1.82) is 0 Å². The van der Waals surface area contributed by atoms with Gasteiger partial charge in [0.15, 0.2) is 0 Å². The van der Waals surface area contributed by atoms with Crippen molar-refractivity contribution in [2.45, 2.75) is 19.8 Å². The van der Waals surface area contributed by atoms with E-state index in [1.165, 1.54) is 5.56 Å². The van der Waals surface area contributed by atoms with Gasteiger partial charge in [-0.2, -0.15) is 0 Å². The first-order valence-electron chi connectivity index (χ1n) is 4.73. The third kappa shape index (κ3) is 1.35. The van der Waals surface area contributed by atoms with E-state index < -0.39 is 0 Å². The predicted molar refractivity (Wildman–Crippen MR) is 56.7 cm³/mol. The van der Waals surface area contributed by atoms with Gasteiger partial charge in [-0.3, -0.25) is 0 Å². The fraction of sp³-hybridized carbons (Fsp3) is 0.364. The molecule has 0 bridgehead atoms. The smallest absolute Gasteiger partial charge is 0.124 e. The zero-order chi connectivity index (χ0) is 10.1. The summed E-state index contributed by atoms with van der Waals surface area (Å²) in [5.41, 5.74) is 3.23. The molecule has 0 saturated heterocycles. The summed E-state index contributed by atoms with van der Waals surface area (Å²) in [4.78, 5) is 7.29. The molecule has 0 aliphatic carbocycles. The summed E-state index contributed by atoms with van der Waals surface area (Å²) in [6, 6.07) is 4.08. The van der Waals surface area contributed by atoms with Gasteiger partial charge in [-0.15, -0.1) is 0 Å². The van der Waals surface area contributed by atoms with Crippen LogP contribution < -0.4 is 4.74 Å². The largest absolute Gasteiger partial charge is 0.496 e. The maximum Gasteiger partial charge on any atom is 0.124 e. The van der Waals surface area contributed by atoms with Gasteiger partial charge < -0.3 is 9.72 Å². The Hall–Kier alpha value is -1.51. The Morgan fingerprint density at radius 3 is 2.79 bits per heavy atom. The summed E-state index contributed by atoms with van der Waals surface area (Å²) >= 11 is 0. The number of ether oxygens (including phenoxy) is 1. The van der Waals surface area contributed by atoms with Crippen molar-refractivity contribution in [3.05, 3.63) is 24.0 Å². The summed E-state index contributed by atoms with van der Waals surface area (Å²) in [6.07, 6.45) is 1.70. The number of nitrogens with zero attached hydrogens (tertiary/aromatic N) is 1. The van der Waals surface area contributed by atoms with Crippen LogP contribution in [0.1, 0.15) is 25.3 Å². The number of aromatic nitrogens is 2. The molecule has 0 radical (unpaired) electrons. The minimum absolute atomic E-state index is 0.456. The van der Waals surface area contributed by atoms with Gasteiger partial charge in [0.1, 0.15) is 5.75 Å². The minimum atomic E-state index is 0.456. The Morgan fingerprint density at radius 1 is 1.36 bits per heavy atom. The molecule has 0 atom stereocenters. The third-order valence-corrected chi connectivity index (χ3v) is 2.39. The first-order valence-corrected chi connectivity index (χ1v) is 4.73. The van der Waals surface area contributed by atoms with Crippen molar-refractivity contribution in [2.75, 3.05) is 7.11 Å². The lowest BCUT2D eigenvalue weighted by molar-refractivity contribution is 0.408. The standard InChI is InChI=1S/C11H14N2O/c1-7(2)8-4-9-10(13-6-12-9)5-11(8)14-3/h4-7H,1-3H3,(H,12,13). The van der Waals surface area contributed by atoms with E-state index in [9.17, 15) is 0 Å².